The summed E-state index contributed by atoms with van der Waals surface area (Å²) in [5, 5.41) is 3.12. The second kappa shape index (κ2) is 6.43. The van der Waals surface area contributed by atoms with Crippen LogP contribution >= 0.6 is 0 Å². The number of rotatable bonds is 5. The van der Waals surface area contributed by atoms with Gasteiger partial charge in [0.1, 0.15) is 17.3 Å². The zero-order chi connectivity index (χ0) is 15.4. The Hall–Kier alpha value is -2.30. The second-order valence-corrected chi connectivity index (χ2v) is 4.67. The number of hydrogen-bond donors (Lipinski definition) is 1. The highest BCUT2D eigenvalue weighted by Crippen LogP contribution is 2.29. The molecular formula is C16H21N3O2. The Labute approximate surface area is 125 Å². The average molecular weight is 287 g/mol. The topological polar surface area (TPSA) is 56.3 Å². The van der Waals surface area contributed by atoms with Gasteiger partial charge in [-0.1, -0.05) is 6.92 Å². The zero-order valence-electron chi connectivity index (χ0n) is 13.2. The lowest BCUT2D eigenvalue weighted by molar-refractivity contribution is 0.394. The lowest BCUT2D eigenvalue weighted by Crippen LogP contribution is -2.04. The zero-order valence-corrected chi connectivity index (χ0v) is 13.2. The molecule has 0 aliphatic carbocycles. The highest BCUT2D eigenvalue weighted by atomic mass is 16.5. The Morgan fingerprint density at radius 1 is 1.05 bits per heavy atom. The molecule has 0 atom stereocenters. The Bertz CT molecular complexity index is 594. The summed E-state index contributed by atoms with van der Waals surface area (Å²) in [6.45, 7) is 4.12. The lowest BCUT2D eigenvalue weighted by Gasteiger charge is -2.12. The van der Waals surface area contributed by atoms with Crippen molar-refractivity contribution in [1.29, 1.82) is 0 Å². The fraction of sp³-hybridized carbons (Fsp3) is 0.375. The molecule has 21 heavy (non-hydrogen) atoms. The van der Waals surface area contributed by atoms with E-state index in [-0.39, 0.29) is 0 Å². The van der Waals surface area contributed by atoms with Crippen LogP contribution in [0.15, 0.2) is 18.2 Å². The van der Waals surface area contributed by atoms with E-state index in [0.717, 1.165) is 40.6 Å². The van der Waals surface area contributed by atoms with Gasteiger partial charge in [-0.15, -0.1) is 0 Å². The van der Waals surface area contributed by atoms with Crippen molar-refractivity contribution in [3.05, 3.63) is 29.5 Å². The Kier molecular flexibility index (Phi) is 4.62. The molecule has 0 saturated carbocycles. The normalized spacial score (nSPS) is 10.3. The van der Waals surface area contributed by atoms with Crippen molar-refractivity contribution in [3.63, 3.8) is 0 Å². The monoisotopic (exact) mass is 287 g/mol. The van der Waals surface area contributed by atoms with Crippen molar-refractivity contribution in [1.82, 2.24) is 9.97 Å². The minimum absolute atomic E-state index is 0.666. The Morgan fingerprint density at radius 2 is 1.67 bits per heavy atom. The van der Waals surface area contributed by atoms with Crippen LogP contribution in [-0.2, 0) is 6.42 Å². The number of methoxy groups -OCH3 is 2. The fourth-order valence-electron chi connectivity index (χ4n) is 2.22. The van der Waals surface area contributed by atoms with E-state index in [1.807, 2.05) is 32.2 Å². The van der Waals surface area contributed by atoms with Crippen LogP contribution in [0, 0.1) is 6.92 Å². The molecule has 0 spiro atoms. The summed E-state index contributed by atoms with van der Waals surface area (Å²) in [7, 11) is 5.13. The SMILES string of the molecule is CCc1nc(-c2cc(OC)cc(OC)c2)nc(NC)c1C. The molecule has 0 aliphatic heterocycles. The Morgan fingerprint density at radius 3 is 2.14 bits per heavy atom. The molecule has 0 amide bonds. The molecule has 0 radical (unpaired) electrons. The van der Waals surface area contributed by atoms with Gasteiger partial charge in [0.25, 0.3) is 0 Å². The highest BCUT2D eigenvalue weighted by molar-refractivity contribution is 5.63. The molecule has 0 unspecified atom stereocenters. The lowest BCUT2D eigenvalue weighted by atomic mass is 10.1. The van der Waals surface area contributed by atoms with Crippen molar-refractivity contribution in [3.8, 4) is 22.9 Å². The van der Waals surface area contributed by atoms with E-state index < -0.39 is 0 Å². The van der Waals surface area contributed by atoms with Crippen LogP contribution in [0.5, 0.6) is 11.5 Å². The molecule has 2 rings (SSSR count). The number of hydrogen-bond acceptors (Lipinski definition) is 5. The summed E-state index contributed by atoms with van der Waals surface area (Å²) in [6, 6.07) is 5.65. The van der Waals surface area contributed by atoms with Crippen LogP contribution < -0.4 is 14.8 Å². The molecule has 5 nitrogen and oxygen atoms in total. The van der Waals surface area contributed by atoms with Gasteiger partial charge in [-0.25, -0.2) is 9.97 Å². The predicted octanol–water partition coefficient (Wildman–Crippen LogP) is 3.07. The molecule has 2 aromatic rings. The van der Waals surface area contributed by atoms with Crippen LogP contribution in [-0.4, -0.2) is 31.2 Å². The number of nitrogens with one attached hydrogen (secondary N) is 1. The third-order valence-electron chi connectivity index (χ3n) is 3.43. The summed E-state index contributed by atoms with van der Waals surface area (Å²) in [4.78, 5) is 9.25. The van der Waals surface area contributed by atoms with E-state index >= 15 is 0 Å². The van der Waals surface area contributed by atoms with E-state index in [4.69, 9.17) is 9.47 Å². The molecule has 1 aromatic carbocycles. The second-order valence-electron chi connectivity index (χ2n) is 4.67. The molecular weight excluding hydrogens is 266 g/mol. The van der Waals surface area contributed by atoms with Gasteiger partial charge in [0.15, 0.2) is 5.82 Å². The largest absolute Gasteiger partial charge is 0.497 e. The van der Waals surface area contributed by atoms with Gasteiger partial charge in [-0.3, -0.25) is 0 Å². The smallest absolute Gasteiger partial charge is 0.162 e. The predicted molar refractivity (Wildman–Crippen MR) is 84.2 cm³/mol. The molecule has 1 N–H and O–H groups in total. The number of aryl methyl sites for hydroxylation is 1. The average Bonchev–Trinajstić information content (AvgIpc) is 2.54. The molecule has 0 bridgehead atoms. The van der Waals surface area contributed by atoms with E-state index in [0.29, 0.717) is 5.82 Å². The molecule has 0 aliphatic rings. The molecule has 1 aromatic heterocycles. The third kappa shape index (κ3) is 3.07. The van der Waals surface area contributed by atoms with Crippen molar-refractivity contribution in [2.75, 3.05) is 26.6 Å². The van der Waals surface area contributed by atoms with Crippen LogP contribution in [0.25, 0.3) is 11.4 Å². The van der Waals surface area contributed by atoms with Crippen molar-refractivity contribution in [2.45, 2.75) is 20.3 Å². The van der Waals surface area contributed by atoms with Crippen LogP contribution in [0.3, 0.4) is 0 Å². The molecule has 112 valence electrons. The van der Waals surface area contributed by atoms with Gasteiger partial charge in [0.05, 0.1) is 14.2 Å². The number of benzene rings is 1. The van der Waals surface area contributed by atoms with Gasteiger partial charge in [-0.2, -0.15) is 0 Å². The van der Waals surface area contributed by atoms with Crippen LogP contribution in [0.2, 0.25) is 0 Å². The maximum atomic E-state index is 5.30. The Balaban J connectivity index is 2.60. The van der Waals surface area contributed by atoms with Crippen LogP contribution in [0.4, 0.5) is 5.82 Å². The minimum Gasteiger partial charge on any atom is -0.497 e. The molecule has 0 fully saturated rings. The van der Waals surface area contributed by atoms with Gasteiger partial charge in [-0.05, 0) is 25.5 Å². The maximum Gasteiger partial charge on any atom is 0.162 e. The van der Waals surface area contributed by atoms with Crippen molar-refractivity contribution in [2.24, 2.45) is 0 Å². The van der Waals surface area contributed by atoms with Gasteiger partial charge >= 0.3 is 0 Å². The first-order chi connectivity index (χ1) is 10.1. The first-order valence-corrected chi connectivity index (χ1v) is 6.91. The van der Waals surface area contributed by atoms with Crippen molar-refractivity contribution >= 4 is 5.82 Å². The summed E-state index contributed by atoms with van der Waals surface area (Å²) >= 11 is 0. The molecule has 5 heteroatoms. The standard InChI is InChI=1S/C16H21N3O2/c1-6-14-10(2)15(17-3)19-16(18-14)11-7-12(20-4)9-13(8-11)21-5/h7-9H,6H2,1-5H3,(H,17,18,19). The van der Waals surface area contributed by atoms with Crippen molar-refractivity contribution < 1.29 is 9.47 Å². The van der Waals surface area contributed by atoms with E-state index in [1.165, 1.54) is 0 Å². The first-order valence-electron chi connectivity index (χ1n) is 6.91. The maximum absolute atomic E-state index is 5.30. The van der Waals surface area contributed by atoms with Crippen LogP contribution in [0.1, 0.15) is 18.2 Å². The number of anilines is 1. The highest BCUT2D eigenvalue weighted by Gasteiger charge is 2.12. The third-order valence-corrected chi connectivity index (χ3v) is 3.43. The summed E-state index contributed by atoms with van der Waals surface area (Å²) in [5.41, 5.74) is 2.99. The number of aromatic nitrogens is 2. The summed E-state index contributed by atoms with van der Waals surface area (Å²) in [5.74, 6) is 2.95. The minimum atomic E-state index is 0.666. The molecule has 1 heterocycles. The quantitative estimate of drug-likeness (QED) is 0.916. The summed E-state index contributed by atoms with van der Waals surface area (Å²) in [6.07, 6.45) is 0.858. The van der Waals surface area contributed by atoms with Gasteiger partial charge < -0.3 is 14.8 Å². The number of nitrogens with zero attached hydrogens (tertiary/aromatic N) is 2. The first kappa shape index (κ1) is 15.1. The number of ether oxygens (including phenoxy) is 2. The van der Waals surface area contributed by atoms with E-state index in [9.17, 15) is 0 Å². The van der Waals surface area contributed by atoms with Gasteiger partial charge in [0.2, 0.25) is 0 Å². The molecule has 0 saturated heterocycles. The van der Waals surface area contributed by atoms with Gasteiger partial charge in [0, 0.05) is 29.9 Å². The summed E-state index contributed by atoms with van der Waals surface area (Å²) < 4.78 is 10.6. The van der Waals surface area contributed by atoms with E-state index in [2.05, 4.69) is 22.2 Å². The van der Waals surface area contributed by atoms with E-state index in [1.54, 1.807) is 14.2 Å². The fourth-order valence-corrected chi connectivity index (χ4v) is 2.22.